The van der Waals surface area contributed by atoms with E-state index in [0.29, 0.717) is 10.2 Å². The van der Waals surface area contributed by atoms with Crippen molar-refractivity contribution >= 4 is 54.8 Å². The Hall–Kier alpha value is -2.42. The summed E-state index contributed by atoms with van der Waals surface area (Å²) in [7, 11) is -2.52. The van der Waals surface area contributed by atoms with Gasteiger partial charge in [-0.2, -0.15) is 0 Å². The third-order valence-electron chi connectivity index (χ3n) is 4.14. The maximum atomic E-state index is 14.0. The predicted molar refractivity (Wildman–Crippen MR) is 116 cm³/mol. The Morgan fingerprint density at radius 1 is 1.07 bits per heavy atom. The number of hydrogen-bond donors (Lipinski definition) is 1. The molecule has 0 aliphatic rings. The van der Waals surface area contributed by atoms with Crippen LogP contribution in [0, 0.1) is 5.82 Å². The first-order valence-corrected chi connectivity index (χ1v) is 10.9. The number of nitrogens with zero attached hydrogens (tertiary/aromatic N) is 1. The first-order chi connectivity index (χ1) is 13.7. The minimum Gasteiger partial charge on any atom is -0.319 e. The van der Waals surface area contributed by atoms with Gasteiger partial charge >= 0.3 is 0 Å². The molecule has 150 valence electrons. The summed E-state index contributed by atoms with van der Waals surface area (Å²) in [5, 5.41) is 2.45. The highest BCUT2D eigenvalue weighted by atomic mass is 79.9. The van der Waals surface area contributed by atoms with Gasteiger partial charge < -0.3 is 5.32 Å². The van der Waals surface area contributed by atoms with Gasteiger partial charge in [0.1, 0.15) is 5.82 Å². The van der Waals surface area contributed by atoms with Crippen molar-refractivity contribution in [1.82, 2.24) is 0 Å². The largest absolute Gasteiger partial charge is 0.319 e. The number of nitrogens with one attached hydrogen (secondary N) is 1. The van der Waals surface area contributed by atoms with Crippen LogP contribution in [0.5, 0.6) is 0 Å². The van der Waals surface area contributed by atoms with Crippen molar-refractivity contribution in [3.05, 3.63) is 87.6 Å². The zero-order valence-electron chi connectivity index (χ0n) is 15.1. The standard InChI is InChI=1S/C20H15BrClFN2O3S/c1-25(14-5-3-2-4-6-14)29(27,28)15-8-9-17(22)16(12-15)20(26)24-19-10-7-13(21)11-18(19)23/h2-12H,1H3,(H,24,26). The smallest absolute Gasteiger partial charge is 0.264 e. The van der Waals surface area contributed by atoms with Crippen LogP contribution in [0.3, 0.4) is 0 Å². The van der Waals surface area contributed by atoms with E-state index in [1.165, 1.54) is 37.4 Å². The molecule has 5 nitrogen and oxygen atoms in total. The van der Waals surface area contributed by atoms with Gasteiger partial charge in [-0.25, -0.2) is 12.8 Å². The van der Waals surface area contributed by atoms with E-state index in [-0.39, 0.29) is 21.2 Å². The average molecular weight is 498 g/mol. The van der Waals surface area contributed by atoms with Crippen LogP contribution < -0.4 is 9.62 Å². The lowest BCUT2D eigenvalue weighted by Gasteiger charge is -2.20. The van der Waals surface area contributed by atoms with Crippen molar-refractivity contribution in [1.29, 1.82) is 0 Å². The van der Waals surface area contributed by atoms with Gasteiger partial charge in [0.15, 0.2) is 0 Å². The summed E-state index contributed by atoms with van der Waals surface area (Å²) in [6.45, 7) is 0. The van der Waals surface area contributed by atoms with Gasteiger partial charge in [0, 0.05) is 11.5 Å². The van der Waals surface area contributed by atoms with Gasteiger partial charge in [-0.1, -0.05) is 45.7 Å². The van der Waals surface area contributed by atoms with Crippen molar-refractivity contribution < 1.29 is 17.6 Å². The molecule has 0 bridgehead atoms. The van der Waals surface area contributed by atoms with Crippen molar-refractivity contribution in [3.63, 3.8) is 0 Å². The third kappa shape index (κ3) is 4.60. The summed E-state index contributed by atoms with van der Waals surface area (Å²) in [6, 6.07) is 16.5. The van der Waals surface area contributed by atoms with E-state index in [9.17, 15) is 17.6 Å². The van der Waals surface area contributed by atoms with Crippen LogP contribution in [0.1, 0.15) is 10.4 Å². The van der Waals surface area contributed by atoms with Gasteiger partial charge in [0.2, 0.25) is 0 Å². The monoisotopic (exact) mass is 496 g/mol. The number of rotatable bonds is 5. The molecule has 3 rings (SSSR count). The lowest BCUT2D eigenvalue weighted by Crippen LogP contribution is -2.27. The molecule has 0 spiro atoms. The quantitative estimate of drug-likeness (QED) is 0.519. The highest BCUT2D eigenvalue weighted by Crippen LogP contribution is 2.27. The molecular formula is C20H15BrClFN2O3S. The molecule has 29 heavy (non-hydrogen) atoms. The summed E-state index contributed by atoms with van der Waals surface area (Å²) in [5.74, 6) is -1.37. The lowest BCUT2D eigenvalue weighted by atomic mass is 10.2. The Morgan fingerprint density at radius 3 is 2.41 bits per heavy atom. The minimum absolute atomic E-state index is 0.0429. The van der Waals surface area contributed by atoms with Gasteiger partial charge in [-0.15, -0.1) is 0 Å². The predicted octanol–water partition coefficient (Wildman–Crippen LogP) is 5.32. The number of hydrogen-bond acceptors (Lipinski definition) is 3. The molecule has 1 amide bonds. The van der Waals surface area contributed by atoms with E-state index in [1.807, 2.05) is 0 Å². The highest BCUT2D eigenvalue weighted by molar-refractivity contribution is 9.10. The molecule has 0 radical (unpaired) electrons. The van der Waals surface area contributed by atoms with Crippen molar-refractivity contribution in [2.75, 3.05) is 16.7 Å². The Balaban J connectivity index is 1.94. The van der Waals surface area contributed by atoms with E-state index < -0.39 is 21.7 Å². The first kappa shape index (κ1) is 21.3. The molecule has 0 heterocycles. The normalized spacial score (nSPS) is 11.2. The Morgan fingerprint density at radius 2 is 1.76 bits per heavy atom. The number of halogens is 3. The van der Waals surface area contributed by atoms with E-state index in [0.717, 1.165) is 4.31 Å². The summed E-state index contributed by atoms with van der Waals surface area (Å²) >= 11 is 9.24. The second kappa shape index (κ2) is 8.52. The summed E-state index contributed by atoms with van der Waals surface area (Å²) in [4.78, 5) is 12.5. The number of benzene rings is 3. The highest BCUT2D eigenvalue weighted by Gasteiger charge is 2.24. The zero-order valence-corrected chi connectivity index (χ0v) is 18.2. The number of carbonyl (C=O) groups excluding carboxylic acids is 1. The van der Waals surface area contributed by atoms with E-state index >= 15 is 0 Å². The number of amides is 1. The second-order valence-electron chi connectivity index (χ2n) is 6.03. The van der Waals surface area contributed by atoms with Crippen LogP contribution in [0.2, 0.25) is 5.02 Å². The summed E-state index contributed by atoms with van der Waals surface area (Å²) < 4.78 is 41.5. The molecule has 0 aromatic heterocycles. The fourth-order valence-electron chi connectivity index (χ4n) is 2.55. The molecule has 0 aliphatic heterocycles. The summed E-state index contributed by atoms with van der Waals surface area (Å²) in [5.41, 5.74) is 0.325. The fourth-order valence-corrected chi connectivity index (χ4v) is 4.31. The van der Waals surface area contributed by atoms with Crippen molar-refractivity contribution in [2.45, 2.75) is 4.90 Å². The molecule has 0 unspecified atom stereocenters. The number of sulfonamides is 1. The van der Waals surface area contributed by atoms with Gasteiger partial charge in [0.25, 0.3) is 15.9 Å². The first-order valence-electron chi connectivity index (χ1n) is 8.30. The molecular weight excluding hydrogens is 483 g/mol. The SMILES string of the molecule is CN(c1ccccc1)S(=O)(=O)c1ccc(Cl)c(C(=O)Nc2ccc(Br)cc2F)c1. The molecule has 0 saturated heterocycles. The molecule has 3 aromatic carbocycles. The Kier molecular flexibility index (Phi) is 6.26. The number of para-hydroxylation sites is 1. The van der Waals surface area contributed by atoms with Crippen molar-refractivity contribution in [3.8, 4) is 0 Å². The Bertz CT molecular complexity index is 1170. The topological polar surface area (TPSA) is 66.5 Å². The maximum absolute atomic E-state index is 14.0. The lowest BCUT2D eigenvalue weighted by molar-refractivity contribution is 0.102. The second-order valence-corrected chi connectivity index (χ2v) is 9.32. The van der Waals surface area contributed by atoms with Gasteiger partial charge in [0.05, 0.1) is 26.9 Å². The minimum atomic E-state index is -3.94. The summed E-state index contributed by atoms with van der Waals surface area (Å²) in [6.07, 6.45) is 0. The molecule has 0 fully saturated rings. The molecule has 0 aliphatic carbocycles. The van der Waals surface area contributed by atoms with Crippen LogP contribution in [-0.2, 0) is 10.0 Å². The maximum Gasteiger partial charge on any atom is 0.264 e. The van der Waals surface area contributed by atoms with Crippen LogP contribution in [-0.4, -0.2) is 21.4 Å². The molecule has 9 heteroatoms. The third-order valence-corrected chi connectivity index (χ3v) is 6.74. The van der Waals surface area contributed by atoms with Crippen LogP contribution in [0.25, 0.3) is 0 Å². The molecule has 1 N–H and O–H groups in total. The van der Waals surface area contributed by atoms with Crippen LogP contribution >= 0.6 is 27.5 Å². The Labute approximate surface area is 181 Å². The van der Waals surface area contributed by atoms with Crippen LogP contribution in [0.15, 0.2) is 76.1 Å². The number of anilines is 2. The number of carbonyl (C=O) groups is 1. The fraction of sp³-hybridized carbons (Fsp3) is 0.0500. The van der Waals surface area contributed by atoms with E-state index in [4.69, 9.17) is 11.6 Å². The average Bonchev–Trinajstić information content (AvgIpc) is 2.70. The molecule has 0 saturated carbocycles. The van der Waals surface area contributed by atoms with E-state index in [2.05, 4.69) is 21.2 Å². The van der Waals surface area contributed by atoms with Crippen molar-refractivity contribution in [2.24, 2.45) is 0 Å². The zero-order chi connectivity index (χ0) is 21.2. The molecule has 3 aromatic rings. The van der Waals surface area contributed by atoms with E-state index in [1.54, 1.807) is 36.4 Å². The van der Waals surface area contributed by atoms with Gasteiger partial charge in [-0.05, 0) is 48.5 Å². The van der Waals surface area contributed by atoms with Gasteiger partial charge in [-0.3, -0.25) is 9.10 Å². The van der Waals surface area contributed by atoms with Crippen LogP contribution in [0.4, 0.5) is 15.8 Å². The molecule has 0 atom stereocenters.